The third-order valence-corrected chi connectivity index (χ3v) is 3.23. The van der Waals surface area contributed by atoms with Gasteiger partial charge in [-0.05, 0) is 26.8 Å². The molecular weight excluding hydrogens is 282 g/mol. The molecule has 3 N–H and O–H groups in total. The fourth-order valence-corrected chi connectivity index (χ4v) is 2.06. The van der Waals surface area contributed by atoms with Gasteiger partial charge < -0.3 is 15.5 Å². The summed E-state index contributed by atoms with van der Waals surface area (Å²) in [4.78, 5) is 30.6. The molecular formula is C12H17N3O4S. The number of nitrogens with zero attached hydrogens (tertiary/aromatic N) is 2. The smallest absolute Gasteiger partial charge is 0.337 e. The molecule has 7 nitrogen and oxygen atoms in total. The molecule has 0 bridgehead atoms. The van der Waals surface area contributed by atoms with Crippen molar-refractivity contribution in [3.63, 3.8) is 0 Å². The first-order chi connectivity index (χ1) is 9.20. The van der Waals surface area contributed by atoms with E-state index in [0.29, 0.717) is 5.16 Å². The van der Waals surface area contributed by atoms with Crippen molar-refractivity contribution in [2.75, 3.05) is 12.3 Å². The summed E-state index contributed by atoms with van der Waals surface area (Å²) in [6.45, 7) is 4.44. The Hall–Kier alpha value is -1.67. The minimum absolute atomic E-state index is 0.0542. The first-order valence-corrected chi connectivity index (χ1v) is 6.87. The van der Waals surface area contributed by atoms with E-state index >= 15 is 0 Å². The van der Waals surface area contributed by atoms with Gasteiger partial charge in [0.25, 0.3) is 0 Å². The molecule has 1 aromatic rings. The van der Waals surface area contributed by atoms with Crippen LogP contribution in [0.25, 0.3) is 0 Å². The molecule has 0 saturated heterocycles. The van der Waals surface area contributed by atoms with Crippen molar-refractivity contribution in [3.05, 3.63) is 17.5 Å². The zero-order valence-electron chi connectivity index (χ0n) is 11.5. The van der Waals surface area contributed by atoms with Gasteiger partial charge in [-0.3, -0.25) is 4.79 Å². The van der Waals surface area contributed by atoms with E-state index in [1.54, 1.807) is 0 Å². The average Bonchev–Trinajstić information content (AvgIpc) is 2.32. The highest BCUT2D eigenvalue weighted by atomic mass is 32.2. The molecule has 0 aromatic carbocycles. The highest BCUT2D eigenvalue weighted by Gasteiger charge is 2.30. The minimum atomic E-state index is -1.98. The molecule has 0 radical (unpaired) electrons. The molecule has 1 aromatic heterocycles. The first-order valence-electron chi connectivity index (χ1n) is 5.88. The predicted molar refractivity (Wildman–Crippen MR) is 73.5 cm³/mol. The van der Waals surface area contributed by atoms with Gasteiger partial charge in [-0.1, -0.05) is 11.8 Å². The minimum Gasteiger partial charge on any atom is -0.479 e. The lowest BCUT2D eigenvalue weighted by molar-refractivity contribution is -0.156. The number of amides is 1. The van der Waals surface area contributed by atoms with Crippen molar-refractivity contribution in [3.8, 4) is 0 Å². The van der Waals surface area contributed by atoms with Gasteiger partial charge in [0.1, 0.15) is 0 Å². The van der Waals surface area contributed by atoms with Crippen LogP contribution < -0.4 is 5.32 Å². The van der Waals surface area contributed by atoms with Crippen LogP contribution in [0.4, 0.5) is 0 Å². The number of nitrogens with one attached hydrogen (secondary N) is 1. The Balaban J connectivity index is 2.46. The van der Waals surface area contributed by atoms with E-state index < -0.39 is 11.6 Å². The van der Waals surface area contributed by atoms with E-state index in [1.807, 2.05) is 19.9 Å². The number of carbonyl (C=O) groups is 2. The molecule has 0 spiro atoms. The largest absolute Gasteiger partial charge is 0.479 e. The summed E-state index contributed by atoms with van der Waals surface area (Å²) in [5.74, 6) is -1.72. The number of carbonyl (C=O) groups excluding carboxylic acids is 1. The molecule has 1 atom stereocenters. The second kappa shape index (κ2) is 6.67. The van der Waals surface area contributed by atoms with Crippen LogP contribution >= 0.6 is 11.8 Å². The third kappa shape index (κ3) is 5.14. The van der Waals surface area contributed by atoms with Crippen molar-refractivity contribution in [1.82, 2.24) is 15.3 Å². The van der Waals surface area contributed by atoms with Crippen molar-refractivity contribution < 1.29 is 19.8 Å². The molecule has 1 unspecified atom stereocenters. The maximum Gasteiger partial charge on any atom is 0.337 e. The second-order valence-corrected chi connectivity index (χ2v) is 5.52. The van der Waals surface area contributed by atoms with Crippen LogP contribution in [0, 0.1) is 13.8 Å². The summed E-state index contributed by atoms with van der Waals surface area (Å²) in [7, 11) is 0. The predicted octanol–water partition coefficient (Wildman–Crippen LogP) is 0.137. The Morgan fingerprint density at radius 3 is 2.40 bits per heavy atom. The molecule has 1 amide bonds. The number of carboxylic acid groups (broad SMARTS) is 1. The van der Waals surface area contributed by atoms with E-state index in [9.17, 15) is 14.7 Å². The van der Waals surface area contributed by atoms with Crippen LogP contribution in [0.5, 0.6) is 0 Å². The topological polar surface area (TPSA) is 112 Å². The van der Waals surface area contributed by atoms with Crippen molar-refractivity contribution >= 4 is 23.6 Å². The van der Waals surface area contributed by atoms with Crippen LogP contribution in [-0.4, -0.2) is 50.0 Å². The summed E-state index contributed by atoms with van der Waals surface area (Å²) in [5, 5.41) is 21.0. The quantitative estimate of drug-likeness (QED) is 0.506. The van der Waals surface area contributed by atoms with Crippen molar-refractivity contribution in [1.29, 1.82) is 0 Å². The summed E-state index contributed by atoms with van der Waals surface area (Å²) >= 11 is 1.15. The maximum absolute atomic E-state index is 11.6. The number of carboxylic acids is 1. The maximum atomic E-state index is 11.6. The Bertz CT molecular complexity index is 499. The summed E-state index contributed by atoms with van der Waals surface area (Å²) < 4.78 is 0. The fraction of sp³-hybridized carbons (Fsp3) is 0.500. The number of aryl methyl sites for hydroxylation is 2. The van der Waals surface area contributed by atoms with Gasteiger partial charge in [0.05, 0.1) is 12.3 Å². The summed E-state index contributed by atoms with van der Waals surface area (Å²) in [6, 6.07) is 1.83. The van der Waals surface area contributed by atoms with Crippen LogP contribution in [-0.2, 0) is 9.59 Å². The lowest BCUT2D eigenvalue weighted by Crippen LogP contribution is -2.46. The van der Waals surface area contributed by atoms with E-state index in [2.05, 4.69) is 15.3 Å². The Morgan fingerprint density at radius 1 is 1.35 bits per heavy atom. The molecule has 0 fully saturated rings. The SMILES string of the molecule is Cc1cc(C)nc(SCC(=O)NCC(C)(O)C(=O)O)n1. The first kappa shape index (κ1) is 16.4. The van der Waals surface area contributed by atoms with E-state index in [0.717, 1.165) is 30.1 Å². The molecule has 20 heavy (non-hydrogen) atoms. The molecule has 0 aliphatic rings. The van der Waals surface area contributed by atoms with Gasteiger partial charge in [-0.25, -0.2) is 14.8 Å². The molecule has 110 valence electrons. The standard InChI is InChI=1S/C12H17N3O4S/c1-7-4-8(2)15-11(14-7)20-5-9(16)13-6-12(3,19)10(17)18/h4,19H,5-6H2,1-3H3,(H,13,16)(H,17,18). The van der Waals surface area contributed by atoms with Crippen LogP contribution in [0.2, 0.25) is 0 Å². The highest BCUT2D eigenvalue weighted by Crippen LogP contribution is 2.13. The number of aromatic nitrogens is 2. The van der Waals surface area contributed by atoms with Gasteiger partial charge in [0.15, 0.2) is 10.8 Å². The lowest BCUT2D eigenvalue weighted by atomic mass is 10.1. The van der Waals surface area contributed by atoms with Crippen molar-refractivity contribution in [2.24, 2.45) is 0 Å². The average molecular weight is 299 g/mol. The van der Waals surface area contributed by atoms with Crippen LogP contribution in [0.1, 0.15) is 18.3 Å². The summed E-state index contributed by atoms with van der Waals surface area (Å²) in [5.41, 5.74) is -0.347. The number of aliphatic hydroxyl groups is 1. The normalized spacial score (nSPS) is 13.6. The Kier molecular flexibility index (Phi) is 5.46. The number of rotatable bonds is 6. The van der Waals surface area contributed by atoms with Crippen LogP contribution in [0.15, 0.2) is 11.2 Å². The van der Waals surface area contributed by atoms with Gasteiger partial charge in [-0.2, -0.15) is 0 Å². The highest BCUT2D eigenvalue weighted by molar-refractivity contribution is 7.99. The second-order valence-electron chi connectivity index (χ2n) is 4.58. The molecule has 0 aliphatic heterocycles. The molecule has 1 rings (SSSR count). The van der Waals surface area contributed by atoms with Gasteiger partial charge in [0, 0.05) is 11.4 Å². The number of aliphatic carboxylic acids is 1. The Labute approximate surface area is 120 Å². The van der Waals surface area contributed by atoms with Crippen LogP contribution in [0.3, 0.4) is 0 Å². The zero-order valence-corrected chi connectivity index (χ0v) is 12.3. The van der Waals surface area contributed by atoms with Gasteiger partial charge in [-0.15, -0.1) is 0 Å². The van der Waals surface area contributed by atoms with E-state index in [4.69, 9.17) is 5.11 Å². The fourth-order valence-electron chi connectivity index (χ4n) is 1.29. The lowest BCUT2D eigenvalue weighted by Gasteiger charge is -2.18. The van der Waals surface area contributed by atoms with Gasteiger partial charge >= 0.3 is 5.97 Å². The van der Waals surface area contributed by atoms with Gasteiger partial charge in [0.2, 0.25) is 5.91 Å². The Morgan fingerprint density at radius 2 is 1.90 bits per heavy atom. The number of hydrogen-bond acceptors (Lipinski definition) is 6. The molecule has 1 heterocycles. The number of thioether (sulfide) groups is 1. The van der Waals surface area contributed by atoms with Crippen molar-refractivity contribution in [2.45, 2.75) is 31.5 Å². The monoisotopic (exact) mass is 299 g/mol. The van der Waals surface area contributed by atoms with E-state index in [1.165, 1.54) is 0 Å². The zero-order chi connectivity index (χ0) is 15.3. The third-order valence-electron chi connectivity index (χ3n) is 2.38. The summed E-state index contributed by atoms with van der Waals surface area (Å²) in [6.07, 6.45) is 0. The van der Waals surface area contributed by atoms with E-state index in [-0.39, 0.29) is 18.2 Å². The molecule has 8 heteroatoms. The number of hydrogen-bond donors (Lipinski definition) is 3. The molecule has 0 saturated carbocycles. The molecule has 0 aliphatic carbocycles.